The molecule has 1 saturated carbocycles. The van der Waals surface area contributed by atoms with Gasteiger partial charge in [-0.2, -0.15) is 0 Å². The summed E-state index contributed by atoms with van der Waals surface area (Å²) in [5.74, 6) is 1.35. The summed E-state index contributed by atoms with van der Waals surface area (Å²) in [4.78, 5) is 26.9. The zero-order chi connectivity index (χ0) is 19.3. The maximum atomic E-state index is 12.5. The molecule has 0 aromatic heterocycles. The fraction of sp³-hybridized carbons (Fsp3) is 0.652. The topological polar surface area (TPSA) is 61.4 Å². The van der Waals surface area contributed by atoms with Gasteiger partial charge < -0.3 is 15.5 Å². The number of piperidine rings is 1. The number of amides is 2. The summed E-state index contributed by atoms with van der Waals surface area (Å²) in [6.07, 6.45) is 9.08. The molecule has 4 rings (SSSR count). The zero-order valence-corrected chi connectivity index (χ0v) is 16.7. The predicted octanol–water partition coefficient (Wildman–Crippen LogP) is 2.50. The molecular formula is C23H33N3O2. The highest BCUT2D eigenvalue weighted by molar-refractivity contribution is 5.87. The van der Waals surface area contributed by atoms with Crippen molar-refractivity contribution in [1.29, 1.82) is 0 Å². The van der Waals surface area contributed by atoms with Gasteiger partial charge in [-0.3, -0.25) is 9.59 Å². The maximum absolute atomic E-state index is 12.5. The number of likely N-dealkylation sites (tertiary alicyclic amines) is 1. The Morgan fingerprint density at radius 1 is 1.04 bits per heavy atom. The van der Waals surface area contributed by atoms with Crippen molar-refractivity contribution in [3.8, 4) is 0 Å². The van der Waals surface area contributed by atoms with Crippen LogP contribution in [0.3, 0.4) is 0 Å². The highest BCUT2D eigenvalue weighted by atomic mass is 16.2. The molecule has 1 aromatic carbocycles. The summed E-state index contributed by atoms with van der Waals surface area (Å²) < 4.78 is 0. The number of benzene rings is 1. The van der Waals surface area contributed by atoms with E-state index in [2.05, 4.69) is 34.9 Å². The molecule has 0 radical (unpaired) electrons. The van der Waals surface area contributed by atoms with Crippen LogP contribution in [0.5, 0.6) is 0 Å². The van der Waals surface area contributed by atoms with Crippen molar-refractivity contribution in [1.82, 2.24) is 15.5 Å². The van der Waals surface area contributed by atoms with E-state index < -0.39 is 0 Å². The first-order valence-electron chi connectivity index (χ1n) is 11.0. The highest BCUT2D eigenvalue weighted by Crippen LogP contribution is 2.33. The van der Waals surface area contributed by atoms with Crippen molar-refractivity contribution in [2.24, 2.45) is 11.8 Å². The smallest absolute Gasteiger partial charge is 0.241 e. The molecule has 3 fully saturated rings. The molecule has 3 aliphatic rings. The molecule has 0 bridgehead atoms. The third-order valence-electron chi connectivity index (χ3n) is 6.93. The highest BCUT2D eigenvalue weighted by Gasteiger charge is 2.38. The van der Waals surface area contributed by atoms with Crippen LogP contribution in [0, 0.1) is 11.8 Å². The summed E-state index contributed by atoms with van der Waals surface area (Å²) in [6.45, 7) is 1.74. The second-order valence-corrected chi connectivity index (χ2v) is 8.84. The molecule has 2 aliphatic heterocycles. The quantitative estimate of drug-likeness (QED) is 0.821. The molecule has 1 aliphatic carbocycles. The predicted molar refractivity (Wildman–Crippen MR) is 110 cm³/mol. The minimum atomic E-state index is -0.113. The monoisotopic (exact) mass is 383 g/mol. The lowest BCUT2D eigenvalue weighted by molar-refractivity contribution is -0.134. The molecule has 2 N–H and O–H groups in total. The third kappa shape index (κ3) is 4.75. The van der Waals surface area contributed by atoms with Gasteiger partial charge in [0.1, 0.15) is 0 Å². The Kier molecular flexibility index (Phi) is 6.30. The van der Waals surface area contributed by atoms with Crippen LogP contribution < -0.4 is 10.6 Å². The van der Waals surface area contributed by atoms with Crippen molar-refractivity contribution >= 4 is 11.8 Å². The number of rotatable bonds is 5. The van der Waals surface area contributed by atoms with Crippen molar-refractivity contribution in [2.75, 3.05) is 19.6 Å². The molecule has 5 heteroatoms. The molecule has 28 heavy (non-hydrogen) atoms. The Balaban J connectivity index is 1.17. The minimum Gasteiger partial charge on any atom is -0.346 e. The van der Waals surface area contributed by atoms with E-state index in [0.29, 0.717) is 17.9 Å². The summed E-state index contributed by atoms with van der Waals surface area (Å²) in [6, 6.07) is 11.0. The number of fused-ring (bicyclic) bond motifs is 1. The van der Waals surface area contributed by atoms with Crippen LogP contribution in [0.2, 0.25) is 0 Å². The van der Waals surface area contributed by atoms with E-state index in [4.69, 9.17) is 0 Å². The average molecular weight is 384 g/mol. The van der Waals surface area contributed by atoms with Gasteiger partial charge in [-0.15, -0.1) is 0 Å². The van der Waals surface area contributed by atoms with Crippen LogP contribution >= 0.6 is 0 Å². The lowest BCUT2D eigenvalue weighted by Gasteiger charge is -2.32. The first kappa shape index (κ1) is 19.4. The van der Waals surface area contributed by atoms with E-state index in [1.165, 1.54) is 31.2 Å². The summed E-state index contributed by atoms with van der Waals surface area (Å²) >= 11 is 0. The van der Waals surface area contributed by atoms with E-state index >= 15 is 0 Å². The van der Waals surface area contributed by atoms with E-state index in [1.807, 2.05) is 11.0 Å². The van der Waals surface area contributed by atoms with Gasteiger partial charge in [-0.1, -0.05) is 43.2 Å². The molecule has 1 aromatic rings. The molecule has 152 valence electrons. The summed E-state index contributed by atoms with van der Waals surface area (Å²) in [5.41, 5.74) is 1.38. The number of hydrogen-bond donors (Lipinski definition) is 2. The molecule has 5 nitrogen and oxygen atoms in total. The maximum Gasteiger partial charge on any atom is 0.241 e. The standard InChI is InChI=1S/C23H33N3O2/c27-22(16-24-23(28)21-15-19-8-4-5-9-20(19)25-21)26-12-10-18(11-13-26)14-17-6-2-1-3-7-17/h1-3,6-7,18-21,25H,4-5,8-16H2,(H,24,28). The van der Waals surface area contributed by atoms with Gasteiger partial charge in [-0.05, 0) is 55.9 Å². The van der Waals surface area contributed by atoms with Crippen LogP contribution in [0.15, 0.2) is 30.3 Å². The van der Waals surface area contributed by atoms with E-state index in [-0.39, 0.29) is 24.4 Å². The zero-order valence-electron chi connectivity index (χ0n) is 16.7. The van der Waals surface area contributed by atoms with Gasteiger partial charge in [0.05, 0.1) is 12.6 Å². The normalized spacial score (nSPS) is 28.0. The lowest BCUT2D eigenvalue weighted by atomic mass is 9.85. The second kappa shape index (κ2) is 9.08. The van der Waals surface area contributed by atoms with Crippen LogP contribution in [-0.2, 0) is 16.0 Å². The Hall–Kier alpha value is -1.88. The number of nitrogens with zero attached hydrogens (tertiary/aromatic N) is 1. The average Bonchev–Trinajstić information content (AvgIpc) is 3.17. The minimum absolute atomic E-state index is 0.00159. The molecule has 3 unspecified atom stereocenters. The fourth-order valence-corrected chi connectivity index (χ4v) is 5.25. The van der Waals surface area contributed by atoms with Gasteiger partial charge in [-0.25, -0.2) is 0 Å². The first-order valence-corrected chi connectivity index (χ1v) is 11.0. The van der Waals surface area contributed by atoms with Crippen LogP contribution in [0.25, 0.3) is 0 Å². The SMILES string of the molecule is O=C(NCC(=O)N1CCC(Cc2ccccc2)CC1)C1CC2CCCCC2N1. The Labute approximate surface area is 168 Å². The van der Waals surface area contributed by atoms with Crippen molar-refractivity contribution in [3.05, 3.63) is 35.9 Å². The molecular weight excluding hydrogens is 350 g/mol. The van der Waals surface area contributed by atoms with Gasteiger partial charge in [0.25, 0.3) is 0 Å². The lowest BCUT2D eigenvalue weighted by Crippen LogP contribution is -2.48. The Bertz CT molecular complexity index is 656. The Morgan fingerprint density at radius 2 is 1.79 bits per heavy atom. The van der Waals surface area contributed by atoms with Gasteiger partial charge in [0.2, 0.25) is 11.8 Å². The summed E-state index contributed by atoms with van der Waals surface area (Å²) in [7, 11) is 0. The van der Waals surface area contributed by atoms with Crippen molar-refractivity contribution in [2.45, 2.75) is 63.5 Å². The van der Waals surface area contributed by atoms with Gasteiger partial charge in [0, 0.05) is 19.1 Å². The van der Waals surface area contributed by atoms with Crippen LogP contribution in [-0.4, -0.2) is 48.4 Å². The van der Waals surface area contributed by atoms with Crippen molar-refractivity contribution < 1.29 is 9.59 Å². The molecule has 0 spiro atoms. The molecule has 2 amide bonds. The fourth-order valence-electron chi connectivity index (χ4n) is 5.25. The molecule has 3 atom stereocenters. The number of carbonyl (C=O) groups excluding carboxylic acids is 2. The van der Waals surface area contributed by atoms with Gasteiger partial charge in [0.15, 0.2) is 0 Å². The van der Waals surface area contributed by atoms with E-state index in [9.17, 15) is 9.59 Å². The Morgan fingerprint density at radius 3 is 2.54 bits per heavy atom. The molecule has 2 saturated heterocycles. The summed E-state index contributed by atoms with van der Waals surface area (Å²) in [5, 5.41) is 6.38. The molecule has 2 heterocycles. The second-order valence-electron chi connectivity index (χ2n) is 8.84. The number of hydrogen-bond acceptors (Lipinski definition) is 3. The first-order chi connectivity index (χ1) is 13.7. The number of carbonyl (C=O) groups is 2. The third-order valence-corrected chi connectivity index (χ3v) is 6.93. The van der Waals surface area contributed by atoms with E-state index in [1.54, 1.807) is 0 Å². The number of nitrogens with one attached hydrogen (secondary N) is 2. The van der Waals surface area contributed by atoms with Crippen LogP contribution in [0.1, 0.15) is 50.5 Å². The largest absolute Gasteiger partial charge is 0.346 e. The van der Waals surface area contributed by atoms with Crippen molar-refractivity contribution in [3.63, 3.8) is 0 Å². The van der Waals surface area contributed by atoms with Crippen LogP contribution in [0.4, 0.5) is 0 Å². The van der Waals surface area contributed by atoms with Gasteiger partial charge >= 0.3 is 0 Å². The van der Waals surface area contributed by atoms with E-state index in [0.717, 1.165) is 38.8 Å².